The summed E-state index contributed by atoms with van der Waals surface area (Å²) in [6.07, 6.45) is 3.88. The van der Waals surface area contributed by atoms with Crippen molar-refractivity contribution in [2.24, 2.45) is 0 Å². The molecular formula is C22H30NO6S2+. The first kappa shape index (κ1) is 25.2. The highest BCUT2D eigenvalue weighted by atomic mass is 32.2. The number of carbonyl (C=O) groups is 1. The Balaban J connectivity index is 1.92. The number of amides is 1. The van der Waals surface area contributed by atoms with Crippen molar-refractivity contribution in [2.75, 3.05) is 43.9 Å². The zero-order valence-corrected chi connectivity index (χ0v) is 19.9. The first-order chi connectivity index (χ1) is 14.7. The second kappa shape index (κ2) is 12.1. The number of benzene rings is 2. The molecule has 9 heteroatoms. The number of aryl methyl sites for hydroxylation is 1. The van der Waals surface area contributed by atoms with Crippen molar-refractivity contribution < 1.29 is 26.9 Å². The molecule has 0 aliphatic heterocycles. The monoisotopic (exact) mass is 468 g/mol. The molecule has 2 aromatic carbocycles. The fraction of sp³-hybridized carbons (Fsp3) is 0.409. The fourth-order valence-electron chi connectivity index (χ4n) is 2.57. The molecule has 0 spiro atoms. The zero-order valence-electron chi connectivity index (χ0n) is 18.3. The van der Waals surface area contributed by atoms with Crippen LogP contribution in [0.3, 0.4) is 0 Å². The van der Waals surface area contributed by atoms with E-state index in [1.54, 1.807) is 36.4 Å². The van der Waals surface area contributed by atoms with Gasteiger partial charge in [0, 0.05) is 12.8 Å². The van der Waals surface area contributed by atoms with Gasteiger partial charge in [0.1, 0.15) is 24.2 Å². The van der Waals surface area contributed by atoms with Gasteiger partial charge < -0.3 is 14.8 Å². The number of carbonyl (C=O) groups excluding carboxylic acids is 1. The van der Waals surface area contributed by atoms with Crippen LogP contribution in [0.2, 0.25) is 0 Å². The minimum atomic E-state index is -3.94. The van der Waals surface area contributed by atoms with E-state index in [-0.39, 0.29) is 34.9 Å². The zero-order chi connectivity index (χ0) is 22.9. The second-order valence-electron chi connectivity index (χ2n) is 7.26. The third-order valence-corrected chi connectivity index (χ3v) is 6.63. The van der Waals surface area contributed by atoms with Crippen LogP contribution >= 0.6 is 0 Å². The standard InChI is InChI=1S/C22H29NO6S2/c1-17-5-11-21(12-6-17)31(25,26)29-20(15-27-2)16-28-19-9-7-18(8-10-19)23-22(24)13-14-30(3)4/h5-12,20H,13-16H2,1-4H3/p+1. The molecule has 1 N–H and O–H groups in total. The van der Waals surface area contributed by atoms with Crippen molar-refractivity contribution in [1.29, 1.82) is 0 Å². The number of methoxy groups -OCH3 is 1. The number of ether oxygens (including phenoxy) is 2. The van der Waals surface area contributed by atoms with Crippen LogP contribution in [0.15, 0.2) is 53.4 Å². The van der Waals surface area contributed by atoms with E-state index < -0.39 is 16.2 Å². The molecule has 0 saturated heterocycles. The third kappa shape index (κ3) is 8.90. The average molecular weight is 469 g/mol. The van der Waals surface area contributed by atoms with Crippen molar-refractivity contribution in [3.8, 4) is 5.75 Å². The normalized spacial score (nSPS) is 12.5. The lowest BCUT2D eigenvalue weighted by Crippen LogP contribution is -2.29. The Labute approximate surface area is 187 Å². The first-order valence-corrected chi connectivity index (χ1v) is 13.4. The molecule has 1 unspecified atom stereocenters. The van der Waals surface area contributed by atoms with E-state index >= 15 is 0 Å². The van der Waals surface area contributed by atoms with Gasteiger partial charge in [-0.2, -0.15) is 8.42 Å². The number of nitrogens with one attached hydrogen (secondary N) is 1. The minimum Gasteiger partial charge on any atom is -0.491 e. The van der Waals surface area contributed by atoms with Gasteiger partial charge >= 0.3 is 0 Å². The Morgan fingerprint density at radius 2 is 1.68 bits per heavy atom. The molecule has 0 saturated carbocycles. The summed E-state index contributed by atoms with van der Waals surface area (Å²) in [7, 11) is -2.25. The number of hydrogen-bond acceptors (Lipinski definition) is 6. The molecule has 1 amide bonds. The maximum Gasteiger partial charge on any atom is 0.297 e. The van der Waals surface area contributed by atoms with E-state index in [0.29, 0.717) is 17.9 Å². The summed E-state index contributed by atoms with van der Waals surface area (Å²) in [5, 5.41) is 2.85. The van der Waals surface area contributed by atoms with Crippen molar-refractivity contribution in [3.05, 3.63) is 54.1 Å². The number of hydrogen-bond donors (Lipinski definition) is 1. The van der Waals surface area contributed by atoms with Crippen LogP contribution in [-0.2, 0) is 34.7 Å². The molecule has 170 valence electrons. The molecule has 7 nitrogen and oxygen atoms in total. The highest BCUT2D eigenvalue weighted by Gasteiger charge is 2.22. The van der Waals surface area contributed by atoms with Gasteiger partial charge in [0.25, 0.3) is 10.1 Å². The summed E-state index contributed by atoms with van der Waals surface area (Å²) >= 11 is 0. The van der Waals surface area contributed by atoms with Gasteiger partial charge in [0.05, 0.1) is 30.4 Å². The number of anilines is 1. The molecule has 0 fully saturated rings. The van der Waals surface area contributed by atoms with Gasteiger partial charge in [-0.3, -0.25) is 8.98 Å². The van der Waals surface area contributed by atoms with E-state index in [2.05, 4.69) is 17.8 Å². The van der Waals surface area contributed by atoms with E-state index in [1.807, 2.05) is 6.92 Å². The van der Waals surface area contributed by atoms with Gasteiger partial charge in [-0.05, 0) is 54.2 Å². The Kier molecular flexibility index (Phi) is 9.83. The van der Waals surface area contributed by atoms with Crippen LogP contribution in [0.4, 0.5) is 5.69 Å². The van der Waals surface area contributed by atoms with Crippen molar-refractivity contribution in [3.63, 3.8) is 0 Å². The lowest BCUT2D eigenvalue weighted by molar-refractivity contribution is -0.115. The minimum absolute atomic E-state index is 0.0139. The molecule has 0 radical (unpaired) electrons. The molecule has 1 atom stereocenters. The summed E-state index contributed by atoms with van der Waals surface area (Å²) < 4.78 is 41.1. The van der Waals surface area contributed by atoms with Crippen LogP contribution in [0.5, 0.6) is 5.75 Å². The molecule has 0 aromatic heterocycles. The summed E-state index contributed by atoms with van der Waals surface area (Å²) in [5.41, 5.74) is 1.63. The van der Waals surface area contributed by atoms with E-state index in [1.165, 1.54) is 19.2 Å². The highest BCUT2D eigenvalue weighted by Crippen LogP contribution is 2.19. The van der Waals surface area contributed by atoms with Gasteiger partial charge in [0.15, 0.2) is 0 Å². The maximum atomic E-state index is 12.5. The third-order valence-electron chi connectivity index (χ3n) is 4.24. The van der Waals surface area contributed by atoms with Gasteiger partial charge in [-0.1, -0.05) is 17.7 Å². The smallest absolute Gasteiger partial charge is 0.297 e. The first-order valence-electron chi connectivity index (χ1n) is 9.75. The summed E-state index contributed by atoms with van der Waals surface area (Å²) in [6, 6.07) is 13.3. The average Bonchev–Trinajstić information content (AvgIpc) is 2.72. The van der Waals surface area contributed by atoms with Crippen LogP contribution in [0, 0.1) is 6.92 Å². The molecule has 0 aliphatic carbocycles. The Morgan fingerprint density at radius 3 is 2.26 bits per heavy atom. The molecule has 2 aromatic rings. The summed E-state index contributed by atoms with van der Waals surface area (Å²) in [5.74, 6) is 1.36. The molecule has 0 aliphatic rings. The van der Waals surface area contributed by atoms with Gasteiger partial charge in [-0.25, -0.2) is 0 Å². The molecule has 31 heavy (non-hydrogen) atoms. The predicted molar refractivity (Wildman–Crippen MR) is 124 cm³/mol. The van der Waals surface area contributed by atoms with Crippen LogP contribution in [0.1, 0.15) is 12.0 Å². The van der Waals surface area contributed by atoms with Crippen molar-refractivity contribution >= 4 is 32.6 Å². The van der Waals surface area contributed by atoms with E-state index in [0.717, 1.165) is 11.3 Å². The van der Waals surface area contributed by atoms with Crippen molar-refractivity contribution in [1.82, 2.24) is 0 Å². The van der Waals surface area contributed by atoms with Gasteiger partial charge in [0.2, 0.25) is 5.91 Å². The molecule has 2 rings (SSSR count). The topological polar surface area (TPSA) is 90.9 Å². The Bertz CT molecular complexity index is 927. The second-order valence-corrected chi connectivity index (χ2v) is 11.2. The summed E-state index contributed by atoms with van der Waals surface area (Å²) in [4.78, 5) is 12.0. The quantitative estimate of drug-likeness (QED) is 0.380. The van der Waals surface area contributed by atoms with Gasteiger partial charge in [-0.15, -0.1) is 0 Å². The van der Waals surface area contributed by atoms with Crippen LogP contribution < -0.4 is 10.1 Å². The van der Waals surface area contributed by atoms with E-state index in [4.69, 9.17) is 13.7 Å². The highest BCUT2D eigenvalue weighted by molar-refractivity contribution is 7.95. The molecule has 0 heterocycles. The van der Waals surface area contributed by atoms with Crippen molar-refractivity contribution in [2.45, 2.75) is 24.3 Å². The fourth-order valence-corrected chi connectivity index (χ4v) is 4.22. The largest absolute Gasteiger partial charge is 0.491 e. The SMILES string of the molecule is COCC(COc1ccc(NC(=O)CC[S+](C)C)cc1)OS(=O)(=O)c1ccc(C)cc1. The lowest BCUT2D eigenvalue weighted by atomic mass is 10.2. The number of rotatable bonds is 12. The molecule has 0 bridgehead atoms. The lowest BCUT2D eigenvalue weighted by Gasteiger charge is -2.18. The Morgan fingerprint density at radius 1 is 1.03 bits per heavy atom. The maximum absolute atomic E-state index is 12.5. The van der Waals surface area contributed by atoms with E-state index in [9.17, 15) is 13.2 Å². The summed E-state index contributed by atoms with van der Waals surface area (Å²) in [6.45, 7) is 1.91. The van der Waals surface area contributed by atoms with Crippen LogP contribution in [0.25, 0.3) is 0 Å². The van der Waals surface area contributed by atoms with Crippen LogP contribution in [-0.4, -0.2) is 59.0 Å². The molecular weight excluding hydrogens is 438 g/mol. The Hall–Kier alpha value is -2.07. The predicted octanol–water partition coefficient (Wildman–Crippen LogP) is 3.00.